The van der Waals surface area contributed by atoms with Crippen LogP contribution in [0, 0.1) is 0 Å². The Morgan fingerprint density at radius 2 is 2.00 bits per heavy atom. The first-order valence-electron chi connectivity index (χ1n) is 6.91. The van der Waals surface area contributed by atoms with E-state index in [0.717, 1.165) is 30.9 Å². The third kappa shape index (κ3) is 3.85. The summed E-state index contributed by atoms with van der Waals surface area (Å²) in [4.78, 5) is 0. The lowest BCUT2D eigenvalue weighted by atomic mass is 9.99. The van der Waals surface area contributed by atoms with Gasteiger partial charge in [-0.15, -0.1) is 0 Å². The van der Waals surface area contributed by atoms with Crippen molar-refractivity contribution in [3.8, 4) is 11.5 Å². The average Bonchev–Trinajstić information content (AvgIpc) is 2.93. The van der Waals surface area contributed by atoms with Crippen molar-refractivity contribution in [3.05, 3.63) is 24.3 Å². The first-order valence-corrected chi connectivity index (χ1v) is 6.91. The zero-order chi connectivity index (χ0) is 13.6. The number of benzene rings is 1. The van der Waals surface area contributed by atoms with E-state index < -0.39 is 0 Å². The normalized spacial score (nSPS) is 17.4. The van der Waals surface area contributed by atoms with Crippen LogP contribution < -0.4 is 14.8 Å². The molecule has 1 saturated carbocycles. The average molecular weight is 265 g/mol. The molecule has 0 spiro atoms. The lowest BCUT2D eigenvalue weighted by Crippen LogP contribution is -2.47. The molecule has 1 fully saturated rings. The van der Waals surface area contributed by atoms with Gasteiger partial charge >= 0.3 is 0 Å². The quantitative estimate of drug-likeness (QED) is 0.740. The molecule has 4 nitrogen and oxygen atoms in total. The van der Waals surface area contributed by atoms with Crippen LogP contribution in [0.15, 0.2) is 24.3 Å². The second-order valence-electron chi connectivity index (χ2n) is 5.10. The summed E-state index contributed by atoms with van der Waals surface area (Å²) in [7, 11) is 1.64. The molecule has 1 aliphatic rings. The summed E-state index contributed by atoms with van der Waals surface area (Å²) in [6, 6.07) is 7.59. The van der Waals surface area contributed by atoms with Crippen LogP contribution in [0.5, 0.6) is 11.5 Å². The first-order chi connectivity index (χ1) is 9.28. The van der Waals surface area contributed by atoms with E-state index in [9.17, 15) is 5.11 Å². The maximum atomic E-state index is 9.48. The summed E-state index contributed by atoms with van der Waals surface area (Å²) in [5, 5.41) is 12.9. The van der Waals surface area contributed by atoms with Crippen molar-refractivity contribution in [1.82, 2.24) is 5.32 Å². The van der Waals surface area contributed by atoms with E-state index in [-0.39, 0.29) is 12.1 Å². The Labute approximate surface area is 114 Å². The van der Waals surface area contributed by atoms with Gasteiger partial charge in [-0.1, -0.05) is 18.9 Å². The molecule has 0 amide bonds. The fourth-order valence-corrected chi connectivity index (χ4v) is 2.62. The molecule has 0 heterocycles. The second-order valence-corrected chi connectivity index (χ2v) is 5.10. The summed E-state index contributed by atoms with van der Waals surface area (Å²) in [6.07, 6.45) is 4.51. The van der Waals surface area contributed by atoms with E-state index in [0.29, 0.717) is 6.61 Å². The second kappa shape index (κ2) is 6.78. The van der Waals surface area contributed by atoms with Crippen molar-refractivity contribution in [3.63, 3.8) is 0 Å². The van der Waals surface area contributed by atoms with Gasteiger partial charge in [0.15, 0.2) is 0 Å². The smallest absolute Gasteiger partial charge is 0.123 e. The lowest BCUT2D eigenvalue weighted by molar-refractivity contribution is 0.157. The molecule has 0 aliphatic heterocycles. The predicted octanol–water partition coefficient (Wildman–Crippen LogP) is 1.97. The third-order valence-corrected chi connectivity index (χ3v) is 3.78. The molecule has 0 unspecified atom stereocenters. The number of hydrogen-bond donors (Lipinski definition) is 2. The number of aliphatic hydroxyl groups is 1. The number of aliphatic hydroxyl groups excluding tert-OH is 1. The van der Waals surface area contributed by atoms with E-state index >= 15 is 0 Å². The summed E-state index contributed by atoms with van der Waals surface area (Å²) < 4.78 is 10.8. The fourth-order valence-electron chi connectivity index (χ4n) is 2.62. The maximum absolute atomic E-state index is 9.48. The molecule has 2 N–H and O–H groups in total. The molecule has 1 aliphatic carbocycles. The summed E-state index contributed by atoms with van der Waals surface area (Å²) in [5.74, 6) is 1.61. The Morgan fingerprint density at radius 1 is 1.26 bits per heavy atom. The van der Waals surface area contributed by atoms with Crippen molar-refractivity contribution in [2.24, 2.45) is 0 Å². The fraction of sp³-hybridized carbons (Fsp3) is 0.600. The van der Waals surface area contributed by atoms with Crippen LogP contribution >= 0.6 is 0 Å². The van der Waals surface area contributed by atoms with E-state index in [4.69, 9.17) is 9.47 Å². The Hall–Kier alpha value is -1.26. The number of hydrogen-bond acceptors (Lipinski definition) is 4. The van der Waals surface area contributed by atoms with Gasteiger partial charge in [-0.05, 0) is 25.0 Å². The van der Waals surface area contributed by atoms with Gasteiger partial charge < -0.3 is 19.9 Å². The number of ether oxygens (including phenoxy) is 2. The maximum Gasteiger partial charge on any atom is 0.123 e. The molecule has 1 aromatic rings. The number of methoxy groups -OCH3 is 1. The minimum absolute atomic E-state index is 0.0717. The molecule has 4 heteroatoms. The Bertz CT molecular complexity index is 389. The summed E-state index contributed by atoms with van der Waals surface area (Å²) in [5.41, 5.74) is -0.0717. The lowest BCUT2D eigenvalue weighted by Gasteiger charge is -2.28. The Morgan fingerprint density at radius 3 is 2.68 bits per heavy atom. The molecule has 19 heavy (non-hydrogen) atoms. The van der Waals surface area contributed by atoms with Crippen LogP contribution in [0.4, 0.5) is 0 Å². The minimum atomic E-state index is -0.0717. The monoisotopic (exact) mass is 265 g/mol. The topological polar surface area (TPSA) is 50.7 Å². The van der Waals surface area contributed by atoms with Crippen LogP contribution in [0.3, 0.4) is 0 Å². The molecule has 0 aromatic heterocycles. The largest absolute Gasteiger partial charge is 0.497 e. The van der Waals surface area contributed by atoms with E-state index in [1.54, 1.807) is 7.11 Å². The molecular weight excluding hydrogens is 242 g/mol. The highest BCUT2D eigenvalue weighted by atomic mass is 16.5. The Balaban J connectivity index is 1.74. The highest BCUT2D eigenvalue weighted by Crippen LogP contribution is 2.28. The highest BCUT2D eigenvalue weighted by molar-refractivity contribution is 5.32. The van der Waals surface area contributed by atoms with Crippen LogP contribution in [0.2, 0.25) is 0 Å². The summed E-state index contributed by atoms with van der Waals surface area (Å²) >= 11 is 0. The number of rotatable bonds is 7. The molecule has 0 radical (unpaired) electrons. The third-order valence-electron chi connectivity index (χ3n) is 3.78. The van der Waals surface area contributed by atoms with Gasteiger partial charge in [0.1, 0.15) is 18.1 Å². The molecule has 0 bridgehead atoms. The van der Waals surface area contributed by atoms with Crippen LogP contribution in [0.25, 0.3) is 0 Å². The van der Waals surface area contributed by atoms with Crippen molar-refractivity contribution in [2.75, 3.05) is 26.9 Å². The van der Waals surface area contributed by atoms with E-state index in [2.05, 4.69) is 5.32 Å². The predicted molar refractivity (Wildman–Crippen MR) is 74.8 cm³/mol. The van der Waals surface area contributed by atoms with Crippen molar-refractivity contribution >= 4 is 0 Å². The molecular formula is C15H23NO3. The van der Waals surface area contributed by atoms with Gasteiger partial charge in [0.05, 0.1) is 13.7 Å². The van der Waals surface area contributed by atoms with Gasteiger partial charge in [0, 0.05) is 18.2 Å². The van der Waals surface area contributed by atoms with Crippen LogP contribution in [-0.2, 0) is 0 Å². The standard InChI is InChI=1S/C15H23NO3/c1-18-13-5-4-6-14(11-13)19-10-9-16-15(12-17)7-2-3-8-15/h4-6,11,16-17H,2-3,7-10,12H2,1H3. The molecule has 0 saturated heterocycles. The molecule has 2 rings (SSSR count). The van der Waals surface area contributed by atoms with Gasteiger partial charge in [-0.3, -0.25) is 0 Å². The minimum Gasteiger partial charge on any atom is -0.497 e. The van der Waals surface area contributed by atoms with Crippen LogP contribution in [0.1, 0.15) is 25.7 Å². The highest BCUT2D eigenvalue weighted by Gasteiger charge is 2.32. The van der Waals surface area contributed by atoms with Gasteiger partial charge in [-0.25, -0.2) is 0 Å². The van der Waals surface area contributed by atoms with Gasteiger partial charge in [0.2, 0.25) is 0 Å². The van der Waals surface area contributed by atoms with Crippen molar-refractivity contribution < 1.29 is 14.6 Å². The zero-order valence-corrected chi connectivity index (χ0v) is 11.5. The Kier molecular flexibility index (Phi) is 5.05. The van der Waals surface area contributed by atoms with Crippen molar-refractivity contribution in [2.45, 2.75) is 31.2 Å². The summed E-state index contributed by atoms with van der Waals surface area (Å²) in [6.45, 7) is 1.55. The van der Waals surface area contributed by atoms with E-state index in [1.807, 2.05) is 24.3 Å². The zero-order valence-electron chi connectivity index (χ0n) is 11.5. The van der Waals surface area contributed by atoms with E-state index in [1.165, 1.54) is 12.8 Å². The number of nitrogens with one attached hydrogen (secondary N) is 1. The molecule has 106 valence electrons. The SMILES string of the molecule is COc1cccc(OCCNC2(CO)CCCC2)c1. The van der Waals surface area contributed by atoms with Gasteiger partial charge in [-0.2, -0.15) is 0 Å². The van der Waals surface area contributed by atoms with Gasteiger partial charge in [0.25, 0.3) is 0 Å². The first kappa shape index (κ1) is 14.2. The molecule has 1 aromatic carbocycles. The molecule has 0 atom stereocenters. The van der Waals surface area contributed by atoms with Crippen molar-refractivity contribution in [1.29, 1.82) is 0 Å². The van der Waals surface area contributed by atoms with Crippen LogP contribution in [-0.4, -0.2) is 37.5 Å².